The second kappa shape index (κ2) is 13.1. The molecule has 0 aromatic heterocycles. The number of halogens is 6. The van der Waals surface area contributed by atoms with Gasteiger partial charge in [0.25, 0.3) is 23.6 Å². The molecule has 17 heteroatoms. The number of nitrogens with one attached hydrogen (secondary N) is 2. The van der Waals surface area contributed by atoms with E-state index < -0.39 is 90.2 Å². The van der Waals surface area contributed by atoms with Gasteiger partial charge in [0.1, 0.15) is 6.54 Å². The molecule has 1 aliphatic heterocycles. The van der Waals surface area contributed by atoms with Gasteiger partial charge in [-0.25, -0.2) is 4.79 Å². The highest BCUT2D eigenvalue weighted by Crippen LogP contribution is 2.35. The Morgan fingerprint density at radius 3 is 1.65 bits per heavy atom. The zero-order valence-electron chi connectivity index (χ0n) is 23.0. The third kappa shape index (κ3) is 7.66. The van der Waals surface area contributed by atoms with E-state index in [0.717, 1.165) is 54.6 Å². The number of benzene rings is 3. The van der Waals surface area contributed by atoms with Gasteiger partial charge in [-0.05, 0) is 42.5 Å². The highest BCUT2D eigenvalue weighted by atomic mass is 19.4. The summed E-state index contributed by atoms with van der Waals surface area (Å²) in [6.07, 6.45) is -9.54. The molecule has 1 aliphatic rings. The number of anilines is 2. The fourth-order valence-electron chi connectivity index (χ4n) is 4.15. The molecule has 0 unspecified atom stereocenters. The number of nitrogens with zero attached hydrogens (tertiary/aromatic N) is 1. The van der Waals surface area contributed by atoms with Crippen LogP contribution in [0, 0.1) is 0 Å². The molecule has 4 rings (SSSR count). The van der Waals surface area contributed by atoms with Crippen LogP contribution in [0.2, 0.25) is 0 Å². The number of carbonyl (C=O) groups is 6. The third-order valence-electron chi connectivity index (χ3n) is 6.21. The van der Waals surface area contributed by atoms with Crippen LogP contribution < -0.4 is 10.6 Å². The van der Waals surface area contributed by atoms with Gasteiger partial charge in [0.2, 0.25) is 0 Å². The predicted octanol–water partition coefficient (Wildman–Crippen LogP) is 4.30. The summed E-state index contributed by atoms with van der Waals surface area (Å²) in [5.74, 6) is -6.67. The fourth-order valence-corrected chi connectivity index (χ4v) is 4.15. The summed E-state index contributed by atoms with van der Waals surface area (Å²) >= 11 is 0. The van der Waals surface area contributed by atoms with E-state index in [1.165, 1.54) is 12.1 Å². The summed E-state index contributed by atoms with van der Waals surface area (Å²) in [5, 5.41) is 3.94. The van der Waals surface area contributed by atoms with Crippen molar-refractivity contribution in [2.45, 2.75) is 12.4 Å². The van der Waals surface area contributed by atoms with Gasteiger partial charge in [-0.2, -0.15) is 26.3 Å². The number of para-hydroxylation sites is 2. The lowest BCUT2D eigenvalue weighted by Gasteiger charge is -2.14. The standard InChI is InChI=1S/C29H19F6N3O8/c30-28(31,32)18-5-1-3-7-20(18)36-22(39)13-45-24(41)12-38-25(42)16-10-9-15(11-17(16)26(38)43)27(44)46-14-23(40)37-21-8-4-2-6-19(21)29(33,34)35/h1-11H,12-14H2,(H,36,39)(H,37,40). The minimum absolute atomic E-state index is 0.225. The van der Waals surface area contributed by atoms with Gasteiger partial charge >= 0.3 is 24.3 Å². The average Bonchev–Trinajstić information content (AvgIpc) is 3.22. The van der Waals surface area contributed by atoms with Crippen LogP contribution in [-0.2, 0) is 36.2 Å². The maximum absolute atomic E-state index is 13.1. The van der Waals surface area contributed by atoms with E-state index in [4.69, 9.17) is 9.47 Å². The Morgan fingerprint density at radius 2 is 1.13 bits per heavy atom. The van der Waals surface area contributed by atoms with E-state index in [1.54, 1.807) is 0 Å². The third-order valence-corrected chi connectivity index (χ3v) is 6.21. The van der Waals surface area contributed by atoms with Crippen molar-refractivity contribution >= 4 is 46.9 Å². The second-order valence-electron chi connectivity index (χ2n) is 9.38. The molecule has 0 bridgehead atoms. The van der Waals surface area contributed by atoms with Crippen molar-refractivity contribution in [3.63, 3.8) is 0 Å². The molecule has 46 heavy (non-hydrogen) atoms. The van der Waals surface area contributed by atoms with Crippen molar-refractivity contribution in [2.24, 2.45) is 0 Å². The first-order chi connectivity index (χ1) is 21.6. The van der Waals surface area contributed by atoms with Crippen LogP contribution in [0.1, 0.15) is 42.2 Å². The van der Waals surface area contributed by atoms with Crippen molar-refractivity contribution in [1.29, 1.82) is 0 Å². The Morgan fingerprint density at radius 1 is 0.652 bits per heavy atom. The molecule has 11 nitrogen and oxygen atoms in total. The summed E-state index contributed by atoms with van der Waals surface area (Å²) in [7, 11) is 0. The average molecular weight is 651 g/mol. The van der Waals surface area contributed by atoms with Crippen LogP contribution in [-0.4, -0.2) is 60.2 Å². The molecule has 1 heterocycles. The zero-order valence-corrected chi connectivity index (χ0v) is 23.0. The van der Waals surface area contributed by atoms with Crippen molar-refractivity contribution in [1.82, 2.24) is 4.90 Å². The summed E-state index contributed by atoms with van der Waals surface area (Å²) < 4.78 is 88.2. The lowest BCUT2D eigenvalue weighted by molar-refractivity contribution is -0.147. The van der Waals surface area contributed by atoms with Gasteiger partial charge in [-0.15, -0.1) is 0 Å². The second-order valence-corrected chi connectivity index (χ2v) is 9.38. The molecule has 240 valence electrons. The summed E-state index contributed by atoms with van der Waals surface area (Å²) in [4.78, 5) is 74.8. The maximum Gasteiger partial charge on any atom is 0.418 e. The summed E-state index contributed by atoms with van der Waals surface area (Å²) in [5.41, 5.74) is -4.29. The quantitative estimate of drug-likeness (QED) is 0.198. The number of carbonyl (C=O) groups excluding carboxylic acids is 6. The largest absolute Gasteiger partial charge is 0.454 e. The van der Waals surface area contributed by atoms with E-state index in [2.05, 4.69) is 0 Å². The number of alkyl halides is 6. The topological polar surface area (TPSA) is 148 Å². The highest BCUT2D eigenvalue weighted by Gasteiger charge is 2.38. The van der Waals surface area contributed by atoms with Crippen molar-refractivity contribution in [2.75, 3.05) is 30.4 Å². The van der Waals surface area contributed by atoms with Gasteiger partial charge in [0.05, 0.1) is 39.2 Å². The SMILES string of the molecule is O=C(COC(=O)CN1C(=O)c2ccc(C(=O)OCC(=O)Nc3ccccc3C(F)(F)F)cc2C1=O)Nc1ccccc1C(F)(F)F. The van der Waals surface area contributed by atoms with Crippen LogP contribution in [0.5, 0.6) is 0 Å². The molecule has 0 aliphatic carbocycles. The predicted molar refractivity (Wildman–Crippen MR) is 143 cm³/mol. The number of rotatable bonds is 9. The van der Waals surface area contributed by atoms with E-state index in [9.17, 15) is 55.1 Å². The molecular weight excluding hydrogens is 632 g/mol. The minimum Gasteiger partial charge on any atom is -0.454 e. The van der Waals surface area contributed by atoms with Crippen molar-refractivity contribution in [3.05, 3.63) is 94.5 Å². The Balaban J connectivity index is 1.32. The van der Waals surface area contributed by atoms with Crippen LogP contribution >= 0.6 is 0 Å². The minimum atomic E-state index is -4.77. The van der Waals surface area contributed by atoms with Crippen LogP contribution in [0.25, 0.3) is 0 Å². The molecule has 0 radical (unpaired) electrons. The number of hydrogen-bond donors (Lipinski definition) is 2. The van der Waals surface area contributed by atoms with E-state index in [-0.39, 0.29) is 16.7 Å². The Bertz CT molecular complexity index is 1740. The smallest absolute Gasteiger partial charge is 0.418 e. The molecular formula is C29H19F6N3O8. The number of amides is 4. The molecule has 0 fully saturated rings. The Labute approximate surface area is 254 Å². The van der Waals surface area contributed by atoms with Crippen LogP contribution in [0.15, 0.2) is 66.7 Å². The van der Waals surface area contributed by atoms with Gasteiger partial charge in [0.15, 0.2) is 13.2 Å². The number of fused-ring (bicyclic) bond motifs is 1. The van der Waals surface area contributed by atoms with E-state index in [0.29, 0.717) is 4.90 Å². The number of ether oxygens (including phenoxy) is 2. The number of hydrogen-bond acceptors (Lipinski definition) is 8. The fraction of sp³-hybridized carbons (Fsp3) is 0.172. The van der Waals surface area contributed by atoms with Crippen LogP contribution in [0.4, 0.5) is 37.7 Å². The number of esters is 2. The molecule has 0 saturated heterocycles. The molecule has 0 spiro atoms. The highest BCUT2D eigenvalue weighted by molar-refractivity contribution is 6.22. The molecule has 4 amide bonds. The van der Waals surface area contributed by atoms with Gasteiger partial charge in [-0.3, -0.25) is 28.9 Å². The van der Waals surface area contributed by atoms with Crippen molar-refractivity contribution < 1.29 is 64.6 Å². The molecule has 3 aromatic carbocycles. The molecule has 3 aromatic rings. The maximum atomic E-state index is 13.1. The van der Waals surface area contributed by atoms with E-state index in [1.807, 2.05) is 10.6 Å². The molecule has 0 atom stereocenters. The van der Waals surface area contributed by atoms with Crippen molar-refractivity contribution in [3.8, 4) is 0 Å². The molecule has 2 N–H and O–H groups in total. The van der Waals surface area contributed by atoms with Gasteiger partial charge in [-0.1, -0.05) is 24.3 Å². The first-order valence-electron chi connectivity index (χ1n) is 12.8. The summed E-state index contributed by atoms with van der Waals surface area (Å²) in [6.45, 7) is -3.03. The van der Waals surface area contributed by atoms with Crippen LogP contribution in [0.3, 0.4) is 0 Å². The first-order valence-corrected chi connectivity index (χ1v) is 12.8. The lowest BCUT2D eigenvalue weighted by atomic mass is 10.1. The Kier molecular flexibility index (Phi) is 9.44. The van der Waals surface area contributed by atoms with Gasteiger partial charge < -0.3 is 20.1 Å². The van der Waals surface area contributed by atoms with E-state index >= 15 is 0 Å². The lowest BCUT2D eigenvalue weighted by Crippen LogP contribution is -2.36. The van der Waals surface area contributed by atoms with Gasteiger partial charge in [0, 0.05) is 0 Å². The zero-order chi connectivity index (χ0) is 33.8. The normalized spacial score (nSPS) is 12.8. The first kappa shape index (κ1) is 33.2. The number of imide groups is 1. The molecule has 0 saturated carbocycles. The Hall–Kier alpha value is -5.74. The monoisotopic (exact) mass is 651 g/mol. The summed E-state index contributed by atoms with van der Waals surface area (Å²) in [6, 6.07) is 11.2.